The Labute approximate surface area is 122 Å². The number of carbonyl (C=O) groups is 1. The average Bonchev–Trinajstić information content (AvgIpc) is 2.89. The Morgan fingerprint density at radius 1 is 1.45 bits per heavy atom. The van der Waals surface area contributed by atoms with E-state index in [9.17, 15) is 13.2 Å². The number of sulfonamides is 1. The summed E-state index contributed by atoms with van der Waals surface area (Å²) >= 11 is 1.67. The van der Waals surface area contributed by atoms with E-state index in [4.69, 9.17) is 5.11 Å². The molecule has 1 saturated carbocycles. The number of nitrogens with one attached hydrogen (secondary N) is 2. The number of carboxylic acids is 1. The molecule has 0 spiro atoms. The van der Waals surface area contributed by atoms with Crippen molar-refractivity contribution in [3.8, 4) is 0 Å². The highest BCUT2D eigenvalue weighted by Crippen LogP contribution is 2.28. The fraction of sp³-hybridized carbons (Fsp3) is 0.583. The molecule has 2 atom stereocenters. The molecule has 0 amide bonds. The molecule has 1 aromatic heterocycles. The number of H-pyrrole nitrogens is 1. The second-order valence-corrected chi connectivity index (χ2v) is 7.63. The first-order valence-electron chi connectivity index (χ1n) is 6.41. The number of hydrogen-bond acceptors (Lipinski definition) is 4. The number of rotatable bonds is 5. The quantitative estimate of drug-likeness (QED) is 0.767. The van der Waals surface area contributed by atoms with Crippen LogP contribution in [0.4, 0.5) is 0 Å². The van der Waals surface area contributed by atoms with Crippen molar-refractivity contribution in [1.82, 2.24) is 9.71 Å². The summed E-state index contributed by atoms with van der Waals surface area (Å²) in [6, 6.07) is 1.05. The zero-order valence-electron chi connectivity index (χ0n) is 11.1. The van der Waals surface area contributed by atoms with E-state index >= 15 is 0 Å². The van der Waals surface area contributed by atoms with Gasteiger partial charge in [-0.3, -0.25) is 0 Å². The summed E-state index contributed by atoms with van der Waals surface area (Å²) < 4.78 is 27.2. The molecule has 1 fully saturated rings. The van der Waals surface area contributed by atoms with E-state index in [2.05, 4.69) is 9.71 Å². The molecule has 112 valence electrons. The Bertz CT molecular complexity index is 582. The molecule has 1 aliphatic rings. The molecule has 0 radical (unpaired) electrons. The molecule has 0 aliphatic heterocycles. The van der Waals surface area contributed by atoms with Crippen LogP contribution in [-0.2, 0) is 10.0 Å². The van der Waals surface area contributed by atoms with Gasteiger partial charge < -0.3 is 10.1 Å². The van der Waals surface area contributed by atoms with Crippen LogP contribution in [-0.4, -0.2) is 42.0 Å². The molecule has 3 N–H and O–H groups in total. The Morgan fingerprint density at radius 3 is 2.75 bits per heavy atom. The van der Waals surface area contributed by atoms with Crippen LogP contribution in [0.25, 0.3) is 0 Å². The number of aromatic amines is 1. The summed E-state index contributed by atoms with van der Waals surface area (Å²) in [4.78, 5) is 13.2. The zero-order valence-corrected chi connectivity index (χ0v) is 12.8. The number of aromatic nitrogens is 1. The van der Waals surface area contributed by atoms with Crippen LogP contribution < -0.4 is 4.72 Å². The largest absolute Gasteiger partial charge is 0.477 e. The summed E-state index contributed by atoms with van der Waals surface area (Å²) in [5, 5.41) is 9.09. The van der Waals surface area contributed by atoms with E-state index in [0.717, 1.165) is 31.7 Å². The summed E-state index contributed by atoms with van der Waals surface area (Å²) in [6.07, 6.45) is 7.15. The SMILES string of the molecule is CSC1CCCCC1NS(=O)(=O)c1c[nH]c(C(=O)O)c1. The lowest BCUT2D eigenvalue weighted by Crippen LogP contribution is -2.43. The van der Waals surface area contributed by atoms with Crippen molar-refractivity contribution in [3.63, 3.8) is 0 Å². The van der Waals surface area contributed by atoms with E-state index in [1.54, 1.807) is 11.8 Å². The standard InChI is InChI=1S/C12H18N2O4S2/c1-19-11-5-3-2-4-9(11)14-20(17,18)8-6-10(12(15)16)13-7-8/h6-7,9,11,13-14H,2-5H2,1H3,(H,15,16). The van der Waals surface area contributed by atoms with Crippen LogP contribution >= 0.6 is 11.8 Å². The van der Waals surface area contributed by atoms with Gasteiger partial charge in [-0.15, -0.1) is 0 Å². The van der Waals surface area contributed by atoms with Gasteiger partial charge >= 0.3 is 5.97 Å². The average molecular weight is 318 g/mol. The minimum absolute atomic E-state index is 0.0275. The minimum atomic E-state index is -3.67. The van der Waals surface area contributed by atoms with Crippen molar-refractivity contribution in [2.75, 3.05) is 6.26 Å². The molecule has 20 heavy (non-hydrogen) atoms. The second-order valence-electron chi connectivity index (χ2n) is 4.84. The van der Waals surface area contributed by atoms with Crippen LogP contribution in [0.3, 0.4) is 0 Å². The molecule has 1 heterocycles. The lowest BCUT2D eigenvalue weighted by molar-refractivity contribution is 0.0691. The van der Waals surface area contributed by atoms with Crippen molar-refractivity contribution in [1.29, 1.82) is 0 Å². The zero-order chi connectivity index (χ0) is 14.8. The van der Waals surface area contributed by atoms with Crippen molar-refractivity contribution in [3.05, 3.63) is 18.0 Å². The normalized spacial score (nSPS) is 23.6. The third kappa shape index (κ3) is 3.36. The fourth-order valence-corrected chi connectivity index (χ4v) is 4.76. The monoisotopic (exact) mass is 318 g/mol. The maximum atomic E-state index is 12.3. The second kappa shape index (κ2) is 6.19. The molecule has 1 aliphatic carbocycles. The predicted octanol–water partition coefficient (Wildman–Crippen LogP) is 1.67. The number of carboxylic acid groups (broad SMARTS) is 1. The van der Waals surface area contributed by atoms with E-state index in [1.165, 1.54) is 6.20 Å². The smallest absolute Gasteiger partial charge is 0.352 e. The third-order valence-corrected chi connectivity index (χ3v) is 6.15. The topological polar surface area (TPSA) is 99.3 Å². The minimum Gasteiger partial charge on any atom is -0.477 e. The predicted molar refractivity (Wildman–Crippen MR) is 77.6 cm³/mol. The Kier molecular flexibility index (Phi) is 4.77. The number of hydrogen-bond donors (Lipinski definition) is 3. The molecular weight excluding hydrogens is 300 g/mol. The van der Waals surface area contributed by atoms with E-state index in [1.807, 2.05) is 6.26 Å². The molecule has 0 bridgehead atoms. The van der Waals surface area contributed by atoms with Gasteiger partial charge in [-0.25, -0.2) is 17.9 Å². The lowest BCUT2D eigenvalue weighted by atomic mass is 9.96. The number of thioether (sulfide) groups is 1. The van der Waals surface area contributed by atoms with E-state index in [0.29, 0.717) is 0 Å². The Hall–Kier alpha value is -0.990. The van der Waals surface area contributed by atoms with Crippen molar-refractivity contribution in [2.45, 2.75) is 41.9 Å². The van der Waals surface area contributed by atoms with Crippen molar-refractivity contribution < 1.29 is 18.3 Å². The first-order chi connectivity index (χ1) is 9.44. The third-order valence-electron chi connectivity index (χ3n) is 3.51. The highest BCUT2D eigenvalue weighted by atomic mass is 32.2. The van der Waals surface area contributed by atoms with Gasteiger partial charge in [0.25, 0.3) is 0 Å². The first kappa shape index (κ1) is 15.4. The van der Waals surface area contributed by atoms with Crippen molar-refractivity contribution in [2.24, 2.45) is 0 Å². The van der Waals surface area contributed by atoms with E-state index < -0.39 is 16.0 Å². The Morgan fingerprint density at radius 2 is 2.15 bits per heavy atom. The van der Waals surface area contributed by atoms with Gasteiger partial charge in [-0.2, -0.15) is 11.8 Å². The van der Waals surface area contributed by atoms with Gasteiger partial charge in [0.1, 0.15) is 10.6 Å². The van der Waals surface area contributed by atoms with Crippen LogP contribution in [0, 0.1) is 0 Å². The molecule has 1 aromatic rings. The molecule has 6 nitrogen and oxygen atoms in total. The van der Waals surface area contributed by atoms with Crippen LogP contribution in [0.5, 0.6) is 0 Å². The highest BCUT2D eigenvalue weighted by molar-refractivity contribution is 7.99. The first-order valence-corrected chi connectivity index (χ1v) is 9.18. The maximum absolute atomic E-state index is 12.3. The molecule has 2 rings (SSSR count). The van der Waals surface area contributed by atoms with E-state index in [-0.39, 0.29) is 21.9 Å². The molecule has 8 heteroatoms. The van der Waals surface area contributed by atoms with Gasteiger partial charge in [0.15, 0.2) is 0 Å². The molecular formula is C12H18N2O4S2. The molecule has 2 unspecified atom stereocenters. The highest BCUT2D eigenvalue weighted by Gasteiger charge is 2.29. The fourth-order valence-electron chi connectivity index (χ4n) is 2.43. The van der Waals surface area contributed by atoms with Gasteiger partial charge in [0.05, 0.1) is 0 Å². The maximum Gasteiger partial charge on any atom is 0.352 e. The van der Waals surface area contributed by atoms with Gasteiger partial charge in [-0.1, -0.05) is 12.8 Å². The Balaban J connectivity index is 2.15. The van der Waals surface area contributed by atoms with Gasteiger partial charge in [0.2, 0.25) is 10.0 Å². The van der Waals surface area contributed by atoms with Crippen LogP contribution in [0.2, 0.25) is 0 Å². The van der Waals surface area contributed by atoms with Gasteiger partial charge in [-0.05, 0) is 25.2 Å². The molecule has 0 aromatic carbocycles. The number of aromatic carboxylic acids is 1. The van der Waals surface area contributed by atoms with Crippen LogP contribution in [0.15, 0.2) is 17.2 Å². The lowest BCUT2D eigenvalue weighted by Gasteiger charge is -2.30. The van der Waals surface area contributed by atoms with Gasteiger partial charge in [0, 0.05) is 17.5 Å². The summed E-state index contributed by atoms with van der Waals surface area (Å²) in [5.41, 5.74) is -0.129. The van der Waals surface area contributed by atoms with Crippen molar-refractivity contribution >= 4 is 27.8 Å². The van der Waals surface area contributed by atoms with Crippen LogP contribution in [0.1, 0.15) is 36.2 Å². The summed E-state index contributed by atoms with van der Waals surface area (Å²) in [7, 11) is -3.67. The summed E-state index contributed by atoms with van der Waals surface area (Å²) in [6.45, 7) is 0. The summed E-state index contributed by atoms with van der Waals surface area (Å²) in [5.74, 6) is -1.17. The molecule has 0 saturated heterocycles.